The van der Waals surface area contributed by atoms with E-state index in [1.54, 1.807) is 31.5 Å². The summed E-state index contributed by atoms with van der Waals surface area (Å²) < 4.78 is 10.7. The first-order chi connectivity index (χ1) is 11.1. The van der Waals surface area contributed by atoms with Gasteiger partial charge in [0.1, 0.15) is 5.69 Å². The Morgan fingerprint density at radius 3 is 2.96 bits per heavy atom. The average Bonchev–Trinajstić information content (AvgIpc) is 2.89. The van der Waals surface area contributed by atoms with Crippen LogP contribution in [0.4, 0.5) is 11.4 Å². The number of nitrogens with zero attached hydrogens (tertiary/aromatic N) is 1. The van der Waals surface area contributed by atoms with Gasteiger partial charge in [-0.25, -0.2) is 4.79 Å². The van der Waals surface area contributed by atoms with E-state index in [2.05, 4.69) is 10.3 Å². The second kappa shape index (κ2) is 6.30. The molecular weight excluding hydrogens is 316 g/mol. The van der Waals surface area contributed by atoms with Gasteiger partial charge in [0, 0.05) is 22.3 Å². The van der Waals surface area contributed by atoms with Gasteiger partial charge in [-0.05, 0) is 43.7 Å². The van der Waals surface area contributed by atoms with Crippen molar-refractivity contribution in [1.29, 1.82) is 0 Å². The normalized spacial score (nSPS) is 10.7. The van der Waals surface area contributed by atoms with Crippen LogP contribution in [0.25, 0.3) is 11.0 Å². The maximum Gasteiger partial charge on any atom is 0.376 e. The lowest BCUT2D eigenvalue weighted by atomic mass is 10.1. The van der Waals surface area contributed by atoms with E-state index < -0.39 is 5.97 Å². The Balaban J connectivity index is 2.10. The molecule has 0 saturated carbocycles. The number of esters is 1. The fourth-order valence-corrected chi connectivity index (χ4v) is 2.54. The van der Waals surface area contributed by atoms with E-state index in [0.29, 0.717) is 16.3 Å². The zero-order valence-corrected chi connectivity index (χ0v) is 13.5. The van der Waals surface area contributed by atoms with Crippen molar-refractivity contribution in [3.8, 4) is 0 Å². The van der Waals surface area contributed by atoms with E-state index in [0.717, 1.165) is 16.6 Å². The Labute approximate surface area is 138 Å². The number of aromatic nitrogens is 1. The Morgan fingerprint density at radius 2 is 2.22 bits per heavy atom. The summed E-state index contributed by atoms with van der Waals surface area (Å²) in [5.74, 6) is -0.387. The summed E-state index contributed by atoms with van der Waals surface area (Å²) in [5, 5.41) is 4.66. The highest BCUT2D eigenvalue weighted by molar-refractivity contribution is 6.30. The molecule has 6 heteroatoms. The zero-order chi connectivity index (χ0) is 16.4. The summed E-state index contributed by atoms with van der Waals surface area (Å²) >= 11 is 5.99. The minimum atomic E-state index is -0.516. The maximum atomic E-state index is 12.2. The summed E-state index contributed by atoms with van der Waals surface area (Å²) in [6.07, 6.45) is 3.21. The van der Waals surface area contributed by atoms with Crippen LogP contribution < -0.4 is 5.32 Å². The quantitative estimate of drug-likeness (QED) is 0.702. The molecular formula is C17H15ClN2O3. The molecule has 1 N–H and O–H groups in total. The average molecular weight is 331 g/mol. The van der Waals surface area contributed by atoms with Crippen molar-refractivity contribution in [1.82, 2.24) is 4.98 Å². The predicted octanol–water partition coefficient (Wildman–Crippen LogP) is 4.71. The number of ether oxygens (including phenoxy) is 1. The van der Waals surface area contributed by atoms with Crippen molar-refractivity contribution < 1.29 is 13.9 Å². The first-order valence-corrected chi connectivity index (χ1v) is 7.54. The van der Waals surface area contributed by atoms with Gasteiger partial charge in [-0.3, -0.25) is 4.98 Å². The molecule has 0 aliphatic rings. The van der Waals surface area contributed by atoms with Crippen LogP contribution in [0.5, 0.6) is 0 Å². The first-order valence-electron chi connectivity index (χ1n) is 7.17. The molecule has 3 rings (SSSR count). The summed E-state index contributed by atoms with van der Waals surface area (Å²) in [7, 11) is 0. The molecule has 0 spiro atoms. The van der Waals surface area contributed by atoms with E-state index in [1.165, 1.54) is 0 Å². The van der Waals surface area contributed by atoms with Gasteiger partial charge in [-0.15, -0.1) is 0 Å². The SMILES string of the molecule is CCOC(=O)c1oc2cnccc2c1Nc1ccc(Cl)cc1C. The van der Waals surface area contributed by atoms with Crippen molar-refractivity contribution in [2.75, 3.05) is 11.9 Å². The third-order valence-electron chi connectivity index (χ3n) is 3.40. The first kappa shape index (κ1) is 15.4. The molecule has 5 nitrogen and oxygen atoms in total. The highest BCUT2D eigenvalue weighted by Gasteiger charge is 2.22. The molecule has 0 atom stereocenters. The molecule has 0 bridgehead atoms. The number of aryl methyl sites for hydroxylation is 1. The van der Waals surface area contributed by atoms with Gasteiger partial charge in [0.05, 0.1) is 12.8 Å². The van der Waals surface area contributed by atoms with Gasteiger partial charge in [0.25, 0.3) is 0 Å². The number of hydrogen-bond donors (Lipinski definition) is 1. The van der Waals surface area contributed by atoms with Crippen LogP contribution in [-0.4, -0.2) is 17.6 Å². The maximum absolute atomic E-state index is 12.2. The number of anilines is 2. The lowest BCUT2D eigenvalue weighted by molar-refractivity contribution is 0.0494. The lowest BCUT2D eigenvalue weighted by Crippen LogP contribution is -2.06. The number of fused-ring (bicyclic) bond motifs is 1. The molecule has 0 aliphatic carbocycles. The second-order valence-electron chi connectivity index (χ2n) is 4.98. The van der Waals surface area contributed by atoms with Gasteiger partial charge >= 0.3 is 5.97 Å². The minimum Gasteiger partial charge on any atom is -0.460 e. The van der Waals surface area contributed by atoms with Crippen LogP contribution in [-0.2, 0) is 4.74 Å². The van der Waals surface area contributed by atoms with E-state index >= 15 is 0 Å². The van der Waals surface area contributed by atoms with Crippen molar-refractivity contribution in [2.24, 2.45) is 0 Å². The van der Waals surface area contributed by atoms with Crippen LogP contribution >= 0.6 is 11.6 Å². The molecule has 23 heavy (non-hydrogen) atoms. The van der Waals surface area contributed by atoms with Crippen molar-refractivity contribution >= 4 is 39.9 Å². The van der Waals surface area contributed by atoms with Crippen molar-refractivity contribution in [3.63, 3.8) is 0 Å². The molecule has 3 aromatic rings. The van der Waals surface area contributed by atoms with Crippen molar-refractivity contribution in [2.45, 2.75) is 13.8 Å². The summed E-state index contributed by atoms with van der Waals surface area (Å²) in [6.45, 7) is 3.95. The topological polar surface area (TPSA) is 64.4 Å². The highest BCUT2D eigenvalue weighted by Crippen LogP contribution is 2.34. The molecule has 0 radical (unpaired) electrons. The number of furan rings is 1. The van der Waals surface area contributed by atoms with E-state index in [-0.39, 0.29) is 12.4 Å². The summed E-state index contributed by atoms with van der Waals surface area (Å²) in [5.41, 5.74) is 2.87. The molecule has 118 valence electrons. The van der Waals surface area contributed by atoms with Crippen LogP contribution in [0.3, 0.4) is 0 Å². The molecule has 0 fully saturated rings. The number of benzene rings is 1. The Kier molecular flexibility index (Phi) is 4.21. The van der Waals surface area contributed by atoms with Gasteiger partial charge < -0.3 is 14.5 Å². The van der Waals surface area contributed by atoms with Crippen LogP contribution in [0, 0.1) is 6.92 Å². The number of hydrogen-bond acceptors (Lipinski definition) is 5. The molecule has 0 amide bonds. The highest BCUT2D eigenvalue weighted by atomic mass is 35.5. The Morgan fingerprint density at radius 1 is 1.39 bits per heavy atom. The predicted molar refractivity (Wildman–Crippen MR) is 89.4 cm³/mol. The summed E-state index contributed by atoms with van der Waals surface area (Å²) in [4.78, 5) is 16.2. The van der Waals surface area contributed by atoms with Crippen LogP contribution in [0.2, 0.25) is 5.02 Å². The number of pyridine rings is 1. The Hall–Kier alpha value is -2.53. The molecule has 0 aliphatic heterocycles. The number of nitrogens with one attached hydrogen (secondary N) is 1. The van der Waals surface area contributed by atoms with Crippen LogP contribution in [0.15, 0.2) is 41.1 Å². The largest absolute Gasteiger partial charge is 0.460 e. The third-order valence-corrected chi connectivity index (χ3v) is 3.64. The fraction of sp³-hybridized carbons (Fsp3) is 0.176. The zero-order valence-electron chi connectivity index (χ0n) is 12.7. The van der Waals surface area contributed by atoms with Gasteiger partial charge in [0.2, 0.25) is 5.76 Å². The second-order valence-corrected chi connectivity index (χ2v) is 5.42. The molecule has 0 unspecified atom stereocenters. The number of carbonyl (C=O) groups is 1. The molecule has 0 saturated heterocycles. The minimum absolute atomic E-state index is 0.129. The fourth-order valence-electron chi connectivity index (χ4n) is 2.32. The van der Waals surface area contributed by atoms with E-state index in [9.17, 15) is 4.79 Å². The Bertz CT molecular complexity index is 873. The molecule has 1 aromatic carbocycles. The molecule has 2 heterocycles. The number of carbonyl (C=O) groups excluding carboxylic acids is 1. The number of halogens is 1. The molecule has 2 aromatic heterocycles. The standard InChI is InChI=1S/C17H15ClN2O3/c1-3-22-17(21)16-15(12-6-7-19-9-14(12)23-16)20-13-5-4-11(18)8-10(13)2/h4-9,20H,3H2,1-2H3. The van der Waals surface area contributed by atoms with Gasteiger partial charge in [-0.1, -0.05) is 11.6 Å². The smallest absolute Gasteiger partial charge is 0.376 e. The monoisotopic (exact) mass is 330 g/mol. The van der Waals surface area contributed by atoms with Gasteiger partial charge in [0.15, 0.2) is 5.58 Å². The third kappa shape index (κ3) is 3.00. The van der Waals surface area contributed by atoms with E-state index in [4.69, 9.17) is 20.8 Å². The van der Waals surface area contributed by atoms with Gasteiger partial charge in [-0.2, -0.15) is 0 Å². The van der Waals surface area contributed by atoms with Crippen molar-refractivity contribution in [3.05, 3.63) is 53.0 Å². The van der Waals surface area contributed by atoms with Crippen LogP contribution in [0.1, 0.15) is 23.0 Å². The van der Waals surface area contributed by atoms with E-state index in [1.807, 2.05) is 19.1 Å². The lowest BCUT2D eigenvalue weighted by Gasteiger charge is -2.10. The number of rotatable bonds is 4. The summed E-state index contributed by atoms with van der Waals surface area (Å²) in [6, 6.07) is 7.27.